The summed E-state index contributed by atoms with van der Waals surface area (Å²) >= 11 is 0. The third-order valence-electron chi connectivity index (χ3n) is 4.31. The van der Waals surface area contributed by atoms with Gasteiger partial charge in [0, 0.05) is 12.5 Å². The highest BCUT2D eigenvalue weighted by molar-refractivity contribution is 5.92. The fourth-order valence-electron chi connectivity index (χ4n) is 2.98. The Morgan fingerprint density at radius 2 is 2.23 bits per heavy atom. The fourth-order valence-corrected chi connectivity index (χ4v) is 2.98. The first-order chi connectivity index (χ1) is 12.7. The summed E-state index contributed by atoms with van der Waals surface area (Å²) in [5.74, 6) is -0.129. The van der Waals surface area contributed by atoms with Crippen LogP contribution in [0.25, 0.3) is 5.69 Å². The van der Waals surface area contributed by atoms with Gasteiger partial charge in [-0.05, 0) is 37.1 Å². The summed E-state index contributed by atoms with van der Waals surface area (Å²) < 4.78 is 25.7. The first kappa shape index (κ1) is 18.5. The van der Waals surface area contributed by atoms with Gasteiger partial charge in [-0.2, -0.15) is 5.10 Å². The minimum absolute atomic E-state index is 0.00376. The third kappa shape index (κ3) is 4.68. The fraction of sp³-hybridized carbons (Fsp3) is 0.474. The average Bonchev–Trinajstić information content (AvgIpc) is 3.27. The molecule has 0 saturated carbocycles. The number of nitrogens with one attached hydrogen (secondary N) is 1. The first-order valence-electron chi connectivity index (χ1n) is 8.95. The standard InChI is InChI=1S/C19H24FN3O3/c1-2-3-18-17(10-21-23(18)16-6-4-15(20)5-7-16)22-19(24)13-26-12-14-8-9-25-11-14/h4-7,10,14H,2-3,8-9,11-13H2,1H3,(H,22,24). The van der Waals surface area contributed by atoms with E-state index in [2.05, 4.69) is 17.3 Å². The number of anilines is 1. The SMILES string of the molecule is CCCc1c(NC(=O)COCC2CCOC2)cnn1-c1ccc(F)cc1. The van der Waals surface area contributed by atoms with Gasteiger partial charge < -0.3 is 14.8 Å². The Bertz CT molecular complexity index is 724. The van der Waals surface area contributed by atoms with Crippen LogP contribution in [0.5, 0.6) is 0 Å². The van der Waals surface area contributed by atoms with Gasteiger partial charge >= 0.3 is 0 Å². The zero-order chi connectivity index (χ0) is 18.4. The van der Waals surface area contributed by atoms with Gasteiger partial charge in [0.25, 0.3) is 0 Å². The monoisotopic (exact) mass is 361 g/mol. The Kier molecular flexibility index (Phi) is 6.35. The van der Waals surface area contributed by atoms with Crippen LogP contribution in [0.3, 0.4) is 0 Å². The molecular weight excluding hydrogens is 337 g/mol. The molecule has 0 bridgehead atoms. The lowest BCUT2D eigenvalue weighted by Gasteiger charge is -2.11. The molecule has 1 saturated heterocycles. The first-order valence-corrected chi connectivity index (χ1v) is 8.95. The topological polar surface area (TPSA) is 65.4 Å². The number of hydrogen-bond donors (Lipinski definition) is 1. The molecule has 26 heavy (non-hydrogen) atoms. The molecule has 1 aliphatic heterocycles. The van der Waals surface area contributed by atoms with Crippen LogP contribution in [-0.4, -0.2) is 42.1 Å². The summed E-state index contributed by atoms with van der Waals surface area (Å²) in [6, 6.07) is 6.12. The lowest BCUT2D eigenvalue weighted by molar-refractivity contribution is -0.121. The second-order valence-corrected chi connectivity index (χ2v) is 6.44. The number of carbonyl (C=O) groups excluding carboxylic acids is 1. The highest BCUT2D eigenvalue weighted by Crippen LogP contribution is 2.21. The number of rotatable bonds is 8. The number of hydrogen-bond acceptors (Lipinski definition) is 4. The maximum absolute atomic E-state index is 13.2. The molecule has 3 rings (SSSR count). The molecular formula is C19H24FN3O3. The molecule has 1 unspecified atom stereocenters. The van der Waals surface area contributed by atoms with E-state index in [4.69, 9.17) is 9.47 Å². The van der Waals surface area contributed by atoms with Gasteiger partial charge in [-0.15, -0.1) is 0 Å². The zero-order valence-electron chi connectivity index (χ0n) is 14.9. The van der Waals surface area contributed by atoms with Crippen molar-refractivity contribution in [2.75, 3.05) is 31.7 Å². The molecule has 1 aromatic heterocycles. The van der Waals surface area contributed by atoms with Crippen LogP contribution >= 0.6 is 0 Å². The van der Waals surface area contributed by atoms with Gasteiger partial charge in [0.05, 0.1) is 36.5 Å². The van der Waals surface area contributed by atoms with Crippen LogP contribution in [0.4, 0.5) is 10.1 Å². The van der Waals surface area contributed by atoms with Crippen LogP contribution in [0.15, 0.2) is 30.5 Å². The molecule has 140 valence electrons. The second kappa shape index (κ2) is 8.91. The van der Waals surface area contributed by atoms with E-state index in [1.165, 1.54) is 12.1 Å². The molecule has 1 fully saturated rings. The summed E-state index contributed by atoms with van der Waals surface area (Å²) in [4.78, 5) is 12.2. The van der Waals surface area contributed by atoms with E-state index < -0.39 is 0 Å². The maximum atomic E-state index is 13.2. The van der Waals surface area contributed by atoms with Crippen molar-refractivity contribution >= 4 is 11.6 Å². The minimum Gasteiger partial charge on any atom is -0.381 e. The third-order valence-corrected chi connectivity index (χ3v) is 4.31. The maximum Gasteiger partial charge on any atom is 0.250 e. The van der Waals surface area contributed by atoms with Gasteiger partial charge in [-0.25, -0.2) is 9.07 Å². The van der Waals surface area contributed by atoms with E-state index in [9.17, 15) is 9.18 Å². The van der Waals surface area contributed by atoms with Crippen LogP contribution in [0, 0.1) is 11.7 Å². The van der Waals surface area contributed by atoms with Crippen LogP contribution in [-0.2, 0) is 20.7 Å². The van der Waals surface area contributed by atoms with Crippen LogP contribution in [0.1, 0.15) is 25.5 Å². The van der Waals surface area contributed by atoms with Gasteiger partial charge in [-0.3, -0.25) is 4.79 Å². The molecule has 2 heterocycles. The lowest BCUT2D eigenvalue weighted by Crippen LogP contribution is -2.21. The van der Waals surface area contributed by atoms with Crippen molar-refractivity contribution < 1.29 is 18.7 Å². The molecule has 0 aliphatic carbocycles. The van der Waals surface area contributed by atoms with E-state index in [0.29, 0.717) is 24.8 Å². The van der Waals surface area contributed by atoms with Gasteiger partial charge in [0.15, 0.2) is 0 Å². The smallest absolute Gasteiger partial charge is 0.250 e. The molecule has 6 nitrogen and oxygen atoms in total. The van der Waals surface area contributed by atoms with Gasteiger partial charge in [0.1, 0.15) is 12.4 Å². The minimum atomic E-state index is -0.295. The number of nitrogens with zero attached hydrogens (tertiary/aromatic N) is 2. The Hall–Kier alpha value is -2.25. The van der Waals surface area contributed by atoms with Crippen molar-refractivity contribution in [2.24, 2.45) is 5.92 Å². The van der Waals surface area contributed by atoms with E-state index in [1.54, 1.807) is 23.0 Å². The Morgan fingerprint density at radius 3 is 2.92 bits per heavy atom. The van der Waals surface area contributed by atoms with Crippen LogP contribution < -0.4 is 5.32 Å². The number of aromatic nitrogens is 2. The largest absolute Gasteiger partial charge is 0.381 e. The predicted octanol–water partition coefficient (Wildman–Crippen LogP) is 2.96. The second-order valence-electron chi connectivity index (χ2n) is 6.44. The summed E-state index contributed by atoms with van der Waals surface area (Å²) in [5, 5.41) is 7.22. The van der Waals surface area contributed by atoms with E-state index in [0.717, 1.165) is 37.3 Å². The highest BCUT2D eigenvalue weighted by Gasteiger charge is 2.17. The Morgan fingerprint density at radius 1 is 1.42 bits per heavy atom. The average molecular weight is 361 g/mol. The summed E-state index contributed by atoms with van der Waals surface area (Å²) in [6.45, 7) is 4.06. The number of carbonyl (C=O) groups is 1. The van der Waals surface area contributed by atoms with Crippen LogP contribution in [0.2, 0.25) is 0 Å². The number of amides is 1. The number of ether oxygens (including phenoxy) is 2. The summed E-state index contributed by atoms with van der Waals surface area (Å²) in [7, 11) is 0. The lowest BCUT2D eigenvalue weighted by atomic mass is 10.1. The molecule has 0 radical (unpaired) electrons. The van der Waals surface area contributed by atoms with E-state index >= 15 is 0 Å². The molecule has 1 aliphatic rings. The number of halogens is 1. The van der Waals surface area contributed by atoms with Crippen molar-refractivity contribution in [2.45, 2.75) is 26.2 Å². The van der Waals surface area contributed by atoms with Crippen molar-refractivity contribution in [1.82, 2.24) is 9.78 Å². The van der Waals surface area contributed by atoms with Gasteiger partial charge in [0.2, 0.25) is 5.91 Å². The Labute approximate surface area is 152 Å². The quantitative estimate of drug-likeness (QED) is 0.785. The molecule has 1 amide bonds. The molecule has 0 spiro atoms. The normalized spacial score (nSPS) is 16.8. The van der Waals surface area contributed by atoms with E-state index in [-0.39, 0.29) is 18.3 Å². The number of benzene rings is 1. The molecule has 1 aromatic carbocycles. The summed E-state index contributed by atoms with van der Waals surface area (Å²) in [6.07, 6.45) is 4.24. The van der Waals surface area contributed by atoms with Crippen molar-refractivity contribution in [3.8, 4) is 5.69 Å². The molecule has 2 aromatic rings. The van der Waals surface area contributed by atoms with E-state index in [1.807, 2.05) is 0 Å². The van der Waals surface area contributed by atoms with Gasteiger partial charge in [-0.1, -0.05) is 13.3 Å². The van der Waals surface area contributed by atoms with Crippen molar-refractivity contribution in [1.29, 1.82) is 0 Å². The predicted molar refractivity (Wildman–Crippen MR) is 95.9 cm³/mol. The molecule has 1 N–H and O–H groups in total. The molecule has 1 atom stereocenters. The van der Waals surface area contributed by atoms with Crippen molar-refractivity contribution in [3.05, 3.63) is 42.0 Å². The summed E-state index contributed by atoms with van der Waals surface area (Å²) in [5.41, 5.74) is 2.30. The Balaban J connectivity index is 1.63. The molecule has 7 heteroatoms. The van der Waals surface area contributed by atoms with Crippen molar-refractivity contribution in [3.63, 3.8) is 0 Å². The highest BCUT2D eigenvalue weighted by atomic mass is 19.1. The zero-order valence-corrected chi connectivity index (χ0v) is 14.9.